The molecule has 3 heterocycles. The normalized spacial score (nSPS) is 23.8. The van der Waals surface area contributed by atoms with Crippen molar-refractivity contribution < 1.29 is 24.5 Å². The van der Waals surface area contributed by atoms with Gasteiger partial charge >= 0.3 is 0 Å². The zero-order valence-electron chi connectivity index (χ0n) is 21.6. The molecule has 1 aliphatic heterocycles. The molecule has 2 aromatic heterocycles. The highest BCUT2D eigenvalue weighted by atomic mass is 16.6. The van der Waals surface area contributed by atoms with E-state index in [1.165, 1.54) is 0 Å². The lowest BCUT2D eigenvalue weighted by Crippen LogP contribution is -2.37. The molecule has 2 unspecified atom stereocenters. The van der Waals surface area contributed by atoms with E-state index >= 15 is 0 Å². The Labute approximate surface area is 218 Å². The molecule has 0 spiro atoms. The summed E-state index contributed by atoms with van der Waals surface area (Å²) in [5.41, 5.74) is 5.25. The molecule has 3 aromatic carbocycles. The molecule has 1 fully saturated rings. The molecule has 38 heavy (non-hydrogen) atoms. The van der Waals surface area contributed by atoms with E-state index in [0.717, 1.165) is 49.2 Å². The number of aliphatic hydroxyl groups is 2. The van der Waals surface area contributed by atoms with E-state index in [-0.39, 0.29) is 17.9 Å². The number of nitrogens with one attached hydrogen (secondary N) is 2. The highest BCUT2D eigenvalue weighted by Gasteiger charge is 2.45. The molecule has 1 saturated carbocycles. The van der Waals surface area contributed by atoms with Crippen LogP contribution in [0.2, 0.25) is 0 Å². The lowest BCUT2D eigenvalue weighted by molar-refractivity contribution is -0.227. The maximum Gasteiger partial charge on any atom is 0.259 e. The Morgan fingerprint density at radius 1 is 1.03 bits per heavy atom. The first-order valence-corrected chi connectivity index (χ1v) is 13.0. The number of hydrogen-bond acceptors (Lipinski definition) is 5. The highest BCUT2D eigenvalue weighted by molar-refractivity contribution is 6.39. The van der Waals surface area contributed by atoms with Crippen LogP contribution in [0.15, 0.2) is 42.5 Å². The summed E-state index contributed by atoms with van der Waals surface area (Å²) in [5, 5.41) is 27.2. The maximum absolute atomic E-state index is 13.3. The molecule has 5 aromatic rings. The summed E-state index contributed by atoms with van der Waals surface area (Å²) in [7, 11) is 0. The Kier molecular flexibility index (Phi) is 4.72. The molecule has 0 bridgehead atoms. The van der Waals surface area contributed by atoms with E-state index in [4.69, 9.17) is 4.74 Å². The van der Waals surface area contributed by atoms with E-state index in [1.807, 2.05) is 56.3 Å². The SMILES string of the molecule is Cc1ccc2[nH]c3c(c4c(c5c6ccccc6n(C6C[C@H](O)[C@@H](OC(C)(C)O)C6C)c35)C(=O)NC4=O)c2c1. The van der Waals surface area contributed by atoms with E-state index in [1.54, 1.807) is 13.8 Å². The van der Waals surface area contributed by atoms with Crippen LogP contribution in [0, 0.1) is 12.8 Å². The van der Waals surface area contributed by atoms with Crippen molar-refractivity contribution in [3.63, 3.8) is 0 Å². The van der Waals surface area contributed by atoms with Gasteiger partial charge in [0.1, 0.15) is 0 Å². The van der Waals surface area contributed by atoms with Crippen molar-refractivity contribution in [3.05, 3.63) is 59.2 Å². The third-order valence-electron chi connectivity index (χ3n) is 8.28. The predicted octanol–water partition coefficient (Wildman–Crippen LogP) is 4.68. The number of aryl methyl sites for hydroxylation is 1. The number of amides is 2. The fourth-order valence-electron chi connectivity index (χ4n) is 6.81. The standard InChI is InChI=1S/C30H29N3O5/c1-13-9-10-17-16(11-13)21-23-24(29(36)32-28(23)35)22-15-7-5-6-8-18(15)33(26(22)25(21)31-17)19-12-20(34)27(14(19)2)38-30(3,4)37/h5-11,14,19-20,27,31,34,37H,12H2,1-4H3,(H,32,35,36)/t14?,19?,20-,27-/m0/s1. The van der Waals surface area contributed by atoms with Gasteiger partial charge in [-0.2, -0.15) is 0 Å². The van der Waals surface area contributed by atoms with Gasteiger partial charge in [-0.1, -0.05) is 36.8 Å². The van der Waals surface area contributed by atoms with Crippen molar-refractivity contribution in [3.8, 4) is 0 Å². The second-order valence-corrected chi connectivity index (χ2v) is 11.3. The van der Waals surface area contributed by atoms with Gasteiger partial charge in [-0.05, 0) is 45.4 Å². The molecule has 0 saturated heterocycles. The third kappa shape index (κ3) is 3.08. The Morgan fingerprint density at radius 3 is 2.47 bits per heavy atom. The number of ether oxygens (including phenoxy) is 1. The van der Waals surface area contributed by atoms with Crippen molar-refractivity contribution >= 4 is 55.4 Å². The molecular weight excluding hydrogens is 482 g/mol. The van der Waals surface area contributed by atoms with E-state index in [2.05, 4.69) is 14.9 Å². The zero-order chi connectivity index (χ0) is 26.7. The van der Waals surface area contributed by atoms with Crippen molar-refractivity contribution in [2.24, 2.45) is 5.92 Å². The number of carbonyl (C=O) groups excluding carboxylic acids is 2. The number of aromatic nitrogens is 2. The summed E-state index contributed by atoms with van der Waals surface area (Å²) in [6.07, 6.45) is -0.937. The van der Waals surface area contributed by atoms with Crippen LogP contribution in [-0.4, -0.2) is 49.6 Å². The first-order chi connectivity index (χ1) is 18.0. The van der Waals surface area contributed by atoms with Crippen LogP contribution >= 0.6 is 0 Å². The molecule has 8 heteroatoms. The summed E-state index contributed by atoms with van der Waals surface area (Å²) in [4.78, 5) is 30.1. The molecule has 0 radical (unpaired) electrons. The Morgan fingerprint density at radius 2 is 1.74 bits per heavy atom. The Balaban J connectivity index is 1.64. The fourth-order valence-corrected chi connectivity index (χ4v) is 6.81. The molecule has 8 nitrogen and oxygen atoms in total. The molecule has 1 aliphatic carbocycles. The van der Waals surface area contributed by atoms with Gasteiger partial charge in [0.25, 0.3) is 11.8 Å². The van der Waals surface area contributed by atoms with Gasteiger partial charge < -0.3 is 24.5 Å². The second kappa shape index (κ2) is 7.66. The average Bonchev–Trinajstić information content (AvgIpc) is 3.54. The molecular formula is C30H29N3O5. The molecule has 2 aliphatic rings. The van der Waals surface area contributed by atoms with Gasteiger partial charge in [-0.25, -0.2) is 0 Å². The predicted molar refractivity (Wildman–Crippen MR) is 145 cm³/mol. The van der Waals surface area contributed by atoms with Crippen LogP contribution < -0.4 is 5.32 Å². The Bertz CT molecular complexity index is 1840. The first-order valence-electron chi connectivity index (χ1n) is 13.0. The van der Waals surface area contributed by atoms with Gasteiger partial charge in [0, 0.05) is 44.5 Å². The number of carbonyl (C=O) groups is 2. The molecule has 2 amide bonds. The van der Waals surface area contributed by atoms with E-state index in [0.29, 0.717) is 17.5 Å². The van der Waals surface area contributed by atoms with Crippen LogP contribution in [-0.2, 0) is 4.74 Å². The number of aliphatic hydroxyl groups excluding tert-OH is 1. The van der Waals surface area contributed by atoms with E-state index < -0.39 is 23.9 Å². The summed E-state index contributed by atoms with van der Waals surface area (Å²) < 4.78 is 8.11. The van der Waals surface area contributed by atoms with Gasteiger partial charge in [-0.3, -0.25) is 14.9 Å². The summed E-state index contributed by atoms with van der Waals surface area (Å²) in [6.45, 7) is 7.15. The number of hydrogen-bond donors (Lipinski definition) is 4. The number of imide groups is 1. The highest BCUT2D eigenvalue weighted by Crippen LogP contribution is 2.48. The molecule has 7 rings (SSSR count). The number of nitrogens with zero attached hydrogens (tertiary/aromatic N) is 1. The molecule has 4 atom stereocenters. The van der Waals surface area contributed by atoms with Crippen molar-refractivity contribution in [2.75, 3.05) is 0 Å². The number of fused-ring (bicyclic) bond motifs is 10. The third-order valence-corrected chi connectivity index (χ3v) is 8.28. The average molecular weight is 512 g/mol. The van der Waals surface area contributed by atoms with Crippen LogP contribution in [0.3, 0.4) is 0 Å². The van der Waals surface area contributed by atoms with Crippen molar-refractivity contribution in [2.45, 2.75) is 58.2 Å². The Hall–Kier alpha value is -3.72. The smallest absolute Gasteiger partial charge is 0.259 e. The largest absolute Gasteiger partial charge is 0.390 e. The monoisotopic (exact) mass is 511 g/mol. The summed E-state index contributed by atoms with van der Waals surface area (Å²) >= 11 is 0. The fraction of sp³-hybridized carbons (Fsp3) is 0.333. The lowest BCUT2D eigenvalue weighted by atomic mass is 9.96. The number of aromatic amines is 1. The van der Waals surface area contributed by atoms with Crippen molar-refractivity contribution in [1.82, 2.24) is 14.9 Å². The van der Waals surface area contributed by atoms with Gasteiger partial charge in [0.2, 0.25) is 0 Å². The lowest BCUT2D eigenvalue weighted by Gasteiger charge is -2.29. The summed E-state index contributed by atoms with van der Waals surface area (Å²) in [5.74, 6) is -2.33. The minimum Gasteiger partial charge on any atom is -0.390 e. The number of H-pyrrole nitrogens is 1. The topological polar surface area (TPSA) is 117 Å². The number of benzene rings is 3. The summed E-state index contributed by atoms with van der Waals surface area (Å²) in [6, 6.07) is 13.7. The van der Waals surface area contributed by atoms with Gasteiger partial charge in [0.15, 0.2) is 5.79 Å². The van der Waals surface area contributed by atoms with E-state index in [9.17, 15) is 19.8 Å². The minimum atomic E-state index is -1.39. The van der Waals surface area contributed by atoms with Gasteiger partial charge in [-0.15, -0.1) is 0 Å². The molecule has 194 valence electrons. The van der Waals surface area contributed by atoms with Crippen LogP contribution in [0.4, 0.5) is 0 Å². The van der Waals surface area contributed by atoms with Crippen LogP contribution in [0.1, 0.15) is 59.5 Å². The van der Waals surface area contributed by atoms with Crippen LogP contribution in [0.5, 0.6) is 0 Å². The quantitative estimate of drug-likeness (QED) is 0.207. The maximum atomic E-state index is 13.3. The first kappa shape index (κ1) is 23.4. The second-order valence-electron chi connectivity index (χ2n) is 11.3. The van der Waals surface area contributed by atoms with Crippen molar-refractivity contribution in [1.29, 1.82) is 0 Å². The number of para-hydroxylation sites is 1. The number of rotatable bonds is 3. The molecule has 4 N–H and O–H groups in total. The van der Waals surface area contributed by atoms with Gasteiger partial charge in [0.05, 0.1) is 34.4 Å². The van der Waals surface area contributed by atoms with Crippen LogP contribution in [0.25, 0.3) is 43.6 Å². The minimum absolute atomic E-state index is 0.152. The zero-order valence-corrected chi connectivity index (χ0v) is 21.6.